The number of benzene rings is 1. The Labute approximate surface area is 107 Å². The molecule has 0 saturated carbocycles. The summed E-state index contributed by atoms with van der Waals surface area (Å²) in [4.78, 5) is 6.95. The molecule has 1 aromatic carbocycles. The number of aromatic nitrogens is 1. The second-order valence-electron chi connectivity index (χ2n) is 3.72. The van der Waals surface area contributed by atoms with Crippen LogP contribution in [0.25, 0.3) is 4.85 Å². The molecule has 0 aliphatic rings. The van der Waals surface area contributed by atoms with Crippen molar-refractivity contribution in [3.63, 3.8) is 0 Å². The zero-order chi connectivity index (χ0) is 13.9. The Balaban J connectivity index is 2.21. The van der Waals surface area contributed by atoms with Gasteiger partial charge in [-0.1, -0.05) is 12.6 Å². The van der Waals surface area contributed by atoms with Gasteiger partial charge in [0.2, 0.25) is 0 Å². The predicted octanol–water partition coefficient (Wildman–Crippen LogP) is 4.39. The SMILES string of the molecule is [C-]#[N+]c1ccc(Nc2cccc(C(F)(F)F)c2)cn1. The van der Waals surface area contributed by atoms with E-state index in [-0.39, 0.29) is 5.82 Å². The number of nitrogens with zero attached hydrogens (tertiary/aromatic N) is 2. The summed E-state index contributed by atoms with van der Waals surface area (Å²) < 4.78 is 37.6. The van der Waals surface area contributed by atoms with Gasteiger partial charge in [-0.15, -0.1) is 4.98 Å². The lowest BCUT2D eigenvalue weighted by Crippen LogP contribution is -2.05. The van der Waals surface area contributed by atoms with Gasteiger partial charge in [0, 0.05) is 5.69 Å². The van der Waals surface area contributed by atoms with E-state index in [2.05, 4.69) is 15.1 Å². The van der Waals surface area contributed by atoms with Crippen molar-refractivity contribution in [1.82, 2.24) is 4.98 Å². The number of hydrogen-bond acceptors (Lipinski definition) is 2. The molecule has 0 amide bonds. The summed E-state index contributed by atoms with van der Waals surface area (Å²) in [5.74, 6) is 0.231. The van der Waals surface area contributed by atoms with Gasteiger partial charge in [0.05, 0.1) is 11.3 Å². The summed E-state index contributed by atoms with van der Waals surface area (Å²) in [6.07, 6.45) is -2.97. The van der Waals surface area contributed by atoms with Crippen LogP contribution < -0.4 is 5.32 Å². The Hall–Kier alpha value is -2.55. The molecule has 19 heavy (non-hydrogen) atoms. The van der Waals surface area contributed by atoms with E-state index < -0.39 is 11.7 Å². The molecule has 0 bridgehead atoms. The largest absolute Gasteiger partial charge is 0.416 e. The molecule has 0 radical (unpaired) electrons. The van der Waals surface area contributed by atoms with Crippen molar-refractivity contribution in [1.29, 1.82) is 0 Å². The molecule has 0 unspecified atom stereocenters. The van der Waals surface area contributed by atoms with E-state index in [0.717, 1.165) is 12.1 Å². The Morgan fingerprint density at radius 3 is 2.47 bits per heavy atom. The number of rotatable bonds is 2. The van der Waals surface area contributed by atoms with Gasteiger partial charge < -0.3 is 10.2 Å². The number of nitrogens with one attached hydrogen (secondary N) is 1. The molecule has 1 N–H and O–H groups in total. The van der Waals surface area contributed by atoms with E-state index in [0.29, 0.717) is 11.4 Å². The van der Waals surface area contributed by atoms with Crippen molar-refractivity contribution in [2.24, 2.45) is 0 Å². The summed E-state index contributed by atoms with van der Waals surface area (Å²) in [6, 6.07) is 7.95. The molecule has 0 aliphatic carbocycles. The standard InChI is InChI=1S/C13H8F3N3/c1-17-12-6-5-11(8-18-12)19-10-4-2-3-9(7-10)13(14,15)16/h2-8,19H. The van der Waals surface area contributed by atoms with Gasteiger partial charge in [-0.25, -0.2) is 0 Å². The molecular formula is C13H8F3N3. The third-order valence-electron chi connectivity index (χ3n) is 2.34. The highest BCUT2D eigenvalue weighted by Crippen LogP contribution is 2.31. The highest BCUT2D eigenvalue weighted by Gasteiger charge is 2.30. The van der Waals surface area contributed by atoms with Crippen LogP contribution in [-0.4, -0.2) is 4.98 Å². The van der Waals surface area contributed by atoms with Crippen molar-refractivity contribution in [2.45, 2.75) is 6.18 Å². The maximum absolute atomic E-state index is 12.5. The first kappa shape index (κ1) is 12.9. The first-order valence-corrected chi connectivity index (χ1v) is 5.27. The normalized spacial score (nSPS) is 10.8. The van der Waals surface area contributed by atoms with E-state index in [9.17, 15) is 13.2 Å². The van der Waals surface area contributed by atoms with Crippen LogP contribution in [-0.2, 0) is 6.18 Å². The van der Waals surface area contributed by atoms with Crippen LogP contribution in [0, 0.1) is 6.57 Å². The lowest BCUT2D eigenvalue weighted by Gasteiger charge is -2.09. The van der Waals surface area contributed by atoms with Crippen molar-refractivity contribution in [2.75, 3.05) is 5.32 Å². The molecule has 6 heteroatoms. The average molecular weight is 263 g/mol. The van der Waals surface area contributed by atoms with Crippen LogP contribution in [0.15, 0.2) is 42.6 Å². The maximum Gasteiger partial charge on any atom is 0.416 e. The molecule has 0 atom stereocenters. The molecule has 2 aromatic rings. The number of alkyl halides is 3. The van der Waals surface area contributed by atoms with E-state index in [1.165, 1.54) is 24.4 Å². The lowest BCUT2D eigenvalue weighted by molar-refractivity contribution is -0.137. The number of halogens is 3. The second-order valence-corrected chi connectivity index (χ2v) is 3.72. The fraction of sp³-hybridized carbons (Fsp3) is 0.0769. The summed E-state index contributed by atoms with van der Waals surface area (Å²) in [6.45, 7) is 6.75. The van der Waals surface area contributed by atoms with Gasteiger partial charge in [-0.05, 0) is 30.3 Å². The molecule has 2 rings (SSSR count). The van der Waals surface area contributed by atoms with Crippen LogP contribution in [0.5, 0.6) is 0 Å². The molecule has 0 spiro atoms. The molecule has 0 aliphatic heterocycles. The highest BCUT2D eigenvalue weighted by atomic mass is 19.4. The van der Waals surface area contributed by atoms with E-state index in [4.69, 9.17) is 6.57 Å². The van der Waals surface area contributed by atoms with Crippen LogP contribution in [0.2, 0.25) is 0 Å². The quantitative estimate of drug-likeness (QED) is 0.814. The predicted molar refractivity (Wildman–Crippen MR) is 65.2 cm³/mol. The fourth-order valence-corrected chi connectivity index (χ4v) is 1.47. The Kier molecular flexibility index (Phi) is 3.38. The minimum atomic E-state index is -4.37. The third-order valence-corrected chi connectivity index (χ3v) is 2.34. The molecule has 1 aromatic heterocycles. The minimum absolute atomic E-state index is 0.231. The molecule has 96 valence electrons. The minimum Gasteiger partial charge on any atom is -0.361 e. The van der Waals surface area contributed by atoms with Crippen molar-refractivity contribution >= 4 is 17.2 Å². The van der Waals surface area contributed by atoms with Gasteiger partial charge in [0.1, 0.15) is 6.20 Å². The van der Waals surface area contributed by atoms with Crippen LogP contribution in [0.3, 0.4) is 0 Å². The second kappa shape index (κ2) is 4.98. The topological polar surface area (TPSA) is 29.3 Å². The van der Waals surface area contributed by atoms with Crippen molar-refractivity contribution < 1.29 is 13.2 Å². The fourth-order valence-electron chi connectivity index (χ4n) is 1.47. The summed E-state index contributed by atoms with van der Waals surface area (Å²) >= 11 is 0. The van der Waals surface area contributed by atoms with Gasteiger partial charge in [-0.2, -0.15) is 13.2 Å². The Morgan fingerprint density at radius 1 is 1.11 bits per heavy atom. The molecule has 0 fully saturated rings. The van der Waals surface area contributed by atoms with Gasteiger partial charge in [0.25, 0.3) is 5.82 Å². The summed E-state index contributed by atoms with van der Waals surface area (Å²) in [5.41, 5.74) is 0.113. The van der Waals surface area contributed by atoms with Crippen LogP contribution in [0.4, 0.5) is 30.4 Å². The Bertz CT molecular complexity index is 612. The molecule has 1 heterocycles. The number of anilines is 2. The monoisotopic (exact) mass is 263 g/mol. The van der Waals surface area contributed by atoms with E-state index in [1.807, 2.05) is 0 Å². The summed E-state index contributed by atoms with van der Waals surface area (Å²) in [7, 11) is 0. The zero-order valence-corrected chi connectivity index (χ0v) is 9.57. The highest BCUT2D eigenvalue weighted by molar-refractivity contribution is 5.60. The smallest absolute Gasteiger partial charge is 0.361 e. The third kappa shape index (κ3) is 3.22. The molecule has 3 nitrogen and oxygen atoms in total. The number of hydrogen-bond donors (Lipinski definition) is 1. The zero-order valence-electron chi connectivity index (χ0n) is 9.57. The summed E-state index contributed by atoms with van der Waals surface area (Å²) in [5, 5.41) is 2.80. The molecule has 0 saturated heterocycles. The van der Waals surface area contributed by atoms with E-state index >= 15 is 0 Å². The molecular weight excluding hydrogens is 255 g/mol. The lowest BCUT2D eigenvalue weighted by atomic mass is 10.2. The first-order chi connectivity index (χ1) is 8.99. The Morgan fingerprint density at radius 2 is 1.89 bits per heavy atom. The number of pyridine rings is 1. The van der Waals surface area contributed by atoms with Gasteiger partial charge >= 0.3 is 6.18 Å². The van der Waals surface area contributed by atoms with E-state index in [1.54, 1.807) is 6.07 Å². The van der Waals surface area contributed by atoms with Gasteiger partial charge in [0.15, 0.2) is 0 Å². The van der Waals surface area contributed by atoms with Crippen molar-refractivity contribution in [3.8, 4) is 0 Å². The van der Waals surface area contributed by atoms with Crippen LogP contribution >= 0.6 is 0 Å². The van der Waals surface area contributed by atoms with Gasteiger partial charge in [-0.3, -0.25) is 0 Å². The first-order valence-electron chi connectivity index (χ1n) is 5.27. The van der Waals surface area contributed by atoms with Crippen molar-refractivity contribution in [3.05, 3.63) is 59.6 Å². The van der Waals surface area contributed by atoms with Crippen LogP contribution in [0.1, 0.15) is 5.56 Å². The maximum atomic E-state index is 12.5. The average Bonchev–Trinajstić information content (AvgIpc) is 2.39.